The van der Waals surface area contributed by atoms with Crippen LogP contribution in [0.3, 0.4) is 0 Å². The van der Waals surface area contributed by atoms with Gasteiger partial charge in [0.25, 0.3) is 0 Å². The fraction of sp³-hybridized carbons (Fsp3) is 0.611. The van der Waals surface area contributed by atoms with Gasteiger partial charge in [-0.2, -0.15) is 0 Å². The van der Waals surface area contributed by atoms with Crippen LogP contribution in [0.25, 0.3) is 0 Å². The number of nitrogens with one attached hydrogen (secondary N) is 1. The zero-order valence-electron chi connectivity index (χ0n) is 14.2. The zero-order valence-corrected chi connectivity index (χ0v) is 15.0. The zero-order chi connectivity index (χ0) is 17.0. The number of anilines is 1. The molecule has 5 heteroatoms. The van der Waals surface area contributed by atoms with Crippen molar-refractivity contribution in [3.05, 3.63) is 28.8 Å². The summed E-state index contributed by atoms with van der Waals surface area (Å²) in [4.78, 5) is 14.7. The molecule has 1 fully saturated rings. The Bertz CT molecular complexity index is 548. The Morgan fingerprint density at radius 2 is 2.09 bits per heavy atom. The first-order chi connectivity index (χ1) is 10.9. The minimum absolute atomic E-state index is 0.0108. The Labute approximate surface area is 143 Å². The van der Waals surface area contributed by atoms with Crippen LogP contribution in [-0.2, 0) is 4.79 Å². The van der Waals surface area contributed by atoms with Gasteiger partial charge in [-0.3, -0.25) is 9.69 Å². The Kier molecular flexibility index (Phi) is 6.06. The van der Waals surface area contributed by atoms with Gasteiger partial charge in [0.2, 0.25) is 5.91 Å². The number of halogens is 1. The number of nitrogens with zero attached hydrogens (tertiary/aromatic N) is 1. The molecule has 0 aliphatic carbocycles. The Morgan fingerprint density at radius 3 is 2.65 bits per heavy atom. The minimum Gasteiger partial charge on any atom is -0.396 e. The minimum atomic E-state index is -0.193. The van der Waals surface area contributed by atoms with Crippen LogP contribution >= 0.6 is 11.6 Å². The second-order valence-electron chi connectivity index (χ2n) is 6.67. The SMILES string of the molecule is CCC1(CO)CCN(C(C)C(=O)Nc2cc(Cl)ccc2C)CC1. The van der Waals surface area contributed by atoms with Crippen molar-refractivity contribution in [2.24, 2.45) is 5.41 Å². The first kappa shape index (κ1) is 18.2. The molecule has 0 bridgehead atoms. The molecule has 2 rings (SSSR count). The summed E-state index contributed by atoms with van der Waals surface area (Å²) in [5.74, 6) is -0.0108. The Morgan fingerprint density at radius 1 is 1.43 bits per heavy atom. The van der Waals surface area contributed by atoms with Crippen molar-refractivity contribution < 1.29 is 9.90 Å². The highest BCUT2D eigenvalue weighted by molar-refractivity contribution is 6.31. The maximum absolute atomic E-state index is 12.5. The number of aliphatic hydroxyl groups excluding tert-OH is 1. The van der Waals surface area contributed by atoms with E-state index in [9.17, 15) is 9.90 Å². The van der Waals surface area contributed by atoms with Crippen LogP contribution in [0.1, 0.15) is 38.7 Å². The number of carbonyl (C=O) groups is 1. The number of amides is 1. The van der Waals surface area contributed by atoms with Gasteiger partial charge in [0.1, 0.15) is 0 Å². The van der Waals surface area contributed by atoms with Crippen molar-refractivity contribution in [2.45, 2.75) is 46.1 Å². The number of carbonyl (C=O) groups excluding carboxylic acids is 1. The molecule has 1 aromatic carbocycles. The van der Waals surface area contributed by atoms with Crippen LogP contribution in [0, 0.1) is 12.3 Å². The van der Waals surface area contributed by atoms with Gasteiger partial charge < -0.3 is 10.4 Å². The molecule has 1 unspecified atom stereocenters. The fourth-order valence-corrected chi connectivity index (χ4v) is 3.31. The van der Waals surface area contributed by atoms with Gasteiger partial charge in [0, 0.05) is 17.3 Å². The smallest absolute Gasteiger partial charge is 0.241 e. The van der Waals surface area contributed by atoms with E-state index in [2.05, 4.69) is 17.1 Å². The quantitative estimate of drug-likeness (QED) is 0.864. The molecule has 2 N–H and O–H groups in total. The van der Waals surface area contributed by atoms with Crippen LogP contribution in [0.5, 0.6) is 0 Å². The summed E-state index contributed by atoms with van der Waals surface area (Å²) in [5, 5.41) is 13.2. The number of benzene rings is 1. The molecule has 0 aromatic heterocycles. The van der Waals surface area contributed by atoms with Crippen molar-refractivity contribution in [1.29, 1.82) is 0 Å². The second kappa shape index (κ2) is 7.65. The van der Waals surface area contributed by atoms with E-state index in [-0.39, 0.29) is 24.0 Å². The molecule has 0 radical (unpaired) electrons. The summed E-state index contributed by atoms with van der Waals surface area (Å²) in [6.45, 7) is 7.94. The van der Waals surface area contributed by atoms with E-state index in [1.54, 1.807) is 6.07 Å². The first-order valence-electron chi connectivity index (χ1n) is 8.33. The number of aryl methyl sites for hydroxylation is 1. The lowest BCUT2D eigenvalue weighted by atomic mass is 9.76. The monoisotopic (exact) mass is 338 g/mol. The average molecular weight is 339 g/mol. The van der Waals surface area contributed by atoms with Crippen molar-refractivity contribution in [3.8, 4) is 0 Å². The van der Waals surface area contributed by atoms with Gasteiger partial charge in [0.15, 0.2) is 0 Å². The van der Waals surface area contributed by atoms with Crippen LogP contribution in [0.15, 0.2) is 18.2 Å². The maximum atomic E-state index is 12.5. The molecule has 1 aromatic rings. The van der Waals surface area contributed by atoms with E-state index in [1.807, 2.05) is 26.0 Å². The summed E-state index contributed by atoms with van der Waals surface area (Å²) in [6.07, 6.45) is 2.86. The molecule has 1 atom stereocenters. The Hall–Kier alpha value is -1.10. The van der Waals surface area contributed by atoms with E-state index in [0.29, 0.717) is 5.02 Å². The third-order valence-electron chi connectivity index (χ3n) is 5.33. The largest absolute Gasteiger partial charge is 0.396 e. The van der Waals surface area contributed by atoms with Crippen LogP contribution in [0.2, 0.25) is 5.02 Å². The highest BCUT2D eigenvalue weighted by Gasteiger charge is 2.35. The lowest BCUT2D eigenvalue weighted by molar-refractivity contribution is -0.121. The molecule has 128 valence electrons. The van der Waals surface area contributed by atoms with E-state index in [1.165, 1.54) is 0 Å². The normalized spacial score (nSPS) is 19.3. The summed E-state index contributed by atoms with van der Waals surface area (Å²) >= 11 is 6.01. The second-order valence-corrected chi connectivity index (χ2v) is 7.11. The van der Waals surface area contributed by atoms with Crippen LogP contribution in [0.4, 0.5) is 5.69 Å². The van der Waals surface area contributed by atoms with Gasteiger partial charge >= 0.3 is 0 Å². The van der Waals surface area contributed by atoms with E-state index in [0.717, 1.165) is 43.6 Å². The lowest BCUT2D eigenvalue weighted by Gasteiger charge is -2.42. The summed E-state index contributed by atoms with van der Waals surface area (Å²) in [6, 6.07) is 5.31. The molecule has 1 aliphatic rings. The molecular formula is C18H27ClN2O2. The van der Waals surface area contributed by atoms with Gasteiger partial charge in [-0.1, -0.05) is 24.6 Å². The van der Waals surface area contributed by atoms with Crippen LogP contribution in [-0.4, -0.2) is 41.7 Å². The first-order valence-corrected chi connectivity index (χ1v) is 8.70. The van der Waals surface area contributed by atoms with Crippen molar-refractivity contribution >= 4 is 23.2 Å². The summed E-state index contributed by atoms with van der Waals surface area (Å²) in [7, 11) is 0. The number of likely N-dealkylation sites (tertiary alicyclic amines) is 1. The molecule has 0 saturated carbocycles. The van der Waals surface area contributed by atoms with Gasteiger partial charge in [-0.05, 0) is 69.3 Å². The van der Waals surface area contributed by atoms with Gasteiger partial charge in [0.05, 0.1) is 6.04 Å². The molecule has 1 aliphatic heterocycles. The molecule has 4 nitrogen and oxygen atoms in total. The molecular weight excluding hydrogens is 312 g/mol. The lowest BCUT2D eigenvalue weighted by Crippen LogP contribution is -2.49. The summed E-state index contributed by atoms with van der Waals surface area (Å²) < 4.78 is 0. The highest BCUT2D eigenvalue weighted by atomic mass is 35.5. The van der Waals surface area contributed by atoms with Crippen molar-refractivity contribution in [3.63, 3.8) is 0 Å². The van der Waals surface area contributed by atoms with Crippen LogP contribution < -0.4 is 5.32 Å². The third kappa shape index (κ3) is 4.25. The van der Waals surface area contributed by atoms with E-state index >= 15 is 0 Å². The fourth-order valence-electron chi connectivity index (χ4n) is 3.14. The van der Waals surface area contributed by atoms with E-state index in [4.69, 9.17) is 11.6 Å². The van der Waals surface area contributed by atoms with Crippen molar-refractivity contribution in [2.75, 3.05) is 25.0 Å². The average Bonchev–Trinajstić information content (AvgIpc) is 2.57. The molecule has 1 amide bonds. The number of hydrogen-bond acceptors (Lipinski definition) is 3. The molecule has 1 saturated heterocycles. The predicted molar refractivity (Wildman–Crippen MR) is 94.9 cm³/mol. The summed E-state index contributed by atoms with van der Waals surface area (Å²) in [5.41, 5.74) is 1.81. The molecule has 1 heterocycles. The third-order valence-corrected chi connectivity index (χ3v) is 5.56. The maximum Gasteiger partial charge on any atom is 0.241 e. The number of hydrogen-bond donors (Lipinski definition) is 2. The molecule has 0 spiro atoms. The molecule has 23 heavy (non-hydrogen) atoms. The number of piperidine rings is 1. The predicted octanol–water partition coefficient (Wildman–Crippen LogP) is 3.46. The van der Waals surface area contributed by atoms with Gasteiger partial charge in [-0.15, -0.1) is 0 Å². The van der Waals surface area contributed by atoms with E-state index < -0.39 is 0 Å². The topological polar surface area (TPSA) is 52.6 Å². The Balaban J connectivity index is 1.97. The highest BCUT2D eigenvalue weighted by Crippen LogP contribution is 2.34. The number of aliphatic hydroxyl groups is 1. The standard InChI is InChI=1S/C18H27ClN2O2/c1-4-18(12-22)7-9-21(10-8-18)14(3)17(23)20-16-11-15(19)6-5-13(16)2/h5-6,11,14,22H,4,7-10,12H2,1-3H3,(H,20,23). The van der Waals surface area contributed by atoms with Crippen molar-refractivity contribution in [1.82, 2.24) is 4.90 Å². The number of rotatable bonds is 5. The van der Waals surface area contributed by atoms with Gasteiger partial charge in [-0.25, -0.2) is 0 Å².